The standard InChI is InChI=1S/C30H37N5O7/c1-5-40-29(39)34-17-15-33(16-18-34)28(38)22(13-14-26(36)42-30(2,3)4)31-27(37)23-20-24(25-12-9-19-41-25)35(32-23)21-10-7-6-8-11-21/h6-12,19-20,22H,5,13-18H2,1-4H3,(H,31,37). The molecule has 224 valence electrons. The number of rotatable bonds is 9. The lowest BCUT2D eigenvalue weighted by Crippen LogP contribution is -2.56. The Balaban J connectivity index is 1.53. The van der Waals surface area contributed by atoms with Crippen LogP contribution in [0.2, 0.25) is 0 Å². The molecular weight excluding hydrogens is 542 g/mol. The Morgan fingerprint density at radius 3 is 2.31 bits per heavy atom. The zero-order valence-corrected chi connectivity index (χ0v) is 24.4. The molecule has 0 spiro atoms. The highest BCUT2D eigenvalue weighted by atomic mass is 16.6. The van der Waals surface area contributed by atoms with Crippen molar-refractivity contribution in [3.63, 3.8) is 0 Å². The SMILES string of the molecule is CCOC(=O)N1CCN(C(=O)C(CCC(=O)OC(C)(C)C)NC(=O)c2cc(-c3ccco3)n(-c3ccccc3)n2)CC1. The molecule has 0 bridgehead atoms. The number of amides is 3. The number of carbonyl (C=O) groups excluding carboxylic acids is 4. The van der Waals surface area contributed by atoms with Gasteiger partial charge in [-0.15, -0.1) is 0 Å². The molecule has 42 heavy (non-hydrogen) atoms. The van der Waals surface area contributed by atoms with Crippen LogP contribution in [-0.2, 0) is 19.1 Å². The van der Waals surface area contributed by atoms with E-state index in [0.717, 1.165) is 5.69 Å². The number of nitrogens with zero attached hydrogens (tertiary/aromatic N) is 4. The maximum absolute atomic E-state index is 13.6. The second-order valence-corrected chi connectivity index (χ2v) is 10.8. The second-order valence-electron chi connectivity index (χ2n) is 10.8. The van der Waals surface area contributed by atoms with Crippen LogP contribution in [0.4, 0.5) is 4.79 Å². The summed E-state index contributed by atoms with van der Waals surface area (Å²) in [5.74, 6) is -0.896. The van der Waals surface area contributed by atoms with Gasteiger partial charge in [-0.25, -0.2) is 9.48 Å². The third-order valence-electron chi connectivity index (χ3n) is 6.49. The van der Waals surface area contributed by atoms with Gasteiger partial charge in [0, 0.05) is 38.7 Å². The van der Waals surface area contributed by atoms with E-state index in [0.29, 0.717) is 24.5 Å². The normalized spacial score (nSPS) is 14.3. The van der Waals surface area contributed by atoms with E-state index in [1.807, 2.05) is 30.3 Å². The molecule has 0 saturated carbocycles. The van der Waals surface area contributed by atoms with Crippen LogP contribution < -0.4 is 5.32 Å². The van der Waals surface area contributed by atoms with Crippen LogP contribution in [0.25, 0.3) is 17.1 Å². The van der Waals surface area contributed by atoms with Gasteiger partial charge in [0.2, 0.25) is 5.91 Å². The molecule has 1 fully saturated rings. The summed E-state index contributed by atoms with van der Waals surface area (Å²) in [5.41, 5.74) is 0.672. The molecule has 12 nitrogen and oxygen atoms in total. The van der Waals surface area contributed by atoms with Gasteiger partial charge in [-0.2, -0.15) is 5.10 Å². The number of furan rings is 1. The smallest absolute Gasteiger partial charge is 0.409 e. The molecule has 2 aromatic heterocycles. The largest absolute Gasteiger partial charge is 0.463 e. The van der Waals surface area contributed by atoms with Crippen molar-refractivity contribution in [3.8, 4) is 17.1 Å². The predicted molar refractivity (Wildman–Crippen MR) is 153 cm³/mol. The van der Waals surface area contributed by atoms with Gasteiger partial charge in [0.05, 0.1) is 18.6 Å². The molecule has 1 aromatic carbocycles. The molecule has 1 saturated heterocycles. The second kappa shape index (κ2) is 13.4. The van der Waals surface area contributed by atoms with Crippen LogP contribution in [0.3, 0.4) is 0 Å². The average molecular weight is 580 g/mol. The Hall–Kier alpha value is -4.61. The lowest BCUT2D eigenvalue weighted by atomic mass is 10.1. The number of ether oxygens (including phenoxy) is 2. The third kappa shape index (κ3) is 7.77. The summed E-state index contributed by atoms with van der Waals surface area (Å²) in [7, 11) is 0. The van der Waals surface area contributed by atoms with Crippen molar-refractivity contribution in [2.45, 2.75) is 52.2 Å². The Bertz CT molecular complexity index is 1370. The maximum Gasteiger partial charge on any atom is 0.409 e. The van der Waals surface area contributed by atoms with Crippen molar-refractivity contribution in [2.24, 2.45) is 0 Å². The van der Waals surface area contributed by atoms with E-state index in [4.69, 9.17) is 13.9 Å². The fraction of sp³-hybridized carbons (Fsp3) is 0.433. The monoisotopic (exact) mass is 579 g/mol. The van der Waals surface area contributed by atoms with E-state index in [9.17, 15) is 19.2 Å². The minimum absolute atomic E-state index is 0.0298. The van der Waals surface area contributed by atoms with Gasteiger partial charge >= 0.3 is 12.1 Å². The van der Waals surface area contributed by atoms with Crippen LogP contribution in [0, 0.1) is 0 Å². The van der Waals surface area contributed by atoms with Gasteiger partial charge in [-0.1, -0.05) is 18.2 Å². The molecular formula is C30H37N5O7. The lowest BCUT2D eigenvalue weighted by molar-refractivity contribution is -0.155. The summed E-state index contributed by atoms with van der Waals surface area (Å²) >= 11 is 0. The number of hydrogen-bond acceptors (Lipinski definition) is 8. The van der Waals surface area contributed by atoms with Crippen LogP contribution in [0.5, 0.6) is 0 Å². The quantitative estimate of drug-likeness (QED) is 0.380. The van der Waals surface area contributed by atoms with Crippen molar-refractivity contribution in [1.29, 1.82) is 0 Å². The van der Waals surface area contributed by atoms with E-state index in [1.54, 1.807) is 55.5 Å². The summed E-state index contributed by atoms with van der Waals surface area (Å²) < 4.78 is 17.7. The first kappa shape index (κ1) is 30.4. The number of para-hydroxylation sites is 1. The summed E-state index contributed by atoms with van der Waals surface area (Å²) in [6, 6.07) is 13.4. The molecule has 12 heteroatoms. The number of esters is 1. The van der Waals surface area contributed by atoms with E-state index < -0.39 is 29.6 Å². The van der Waals surface area contributed by atoms with Gasteiger partial charge in [-0.05, 0) is 58.4 Å². The average Bonchev–Trinajstić information content (AvgIpc) is 3.65. The molecule has 4 rings (SSSR count). The lowest BCUT2D eigenvalue weighted by Gasteiger charge is -2.36. The van der Waals surface area contributed by atoms with Gasteiger partial charge in [0.25, 0.3) is 5.91 Å². The first-order chi connectivity index (χ1) is 20.1. The van der Waals surface area contributed by atoms with Crippen LogP contribution >= 0.6 is 0 Å². The first-order valence-electron chi connectivity index (χ1n) is 14.0. The highest BCUT2D eigenvalue weighted by molar-refractivity contribution is 5.97. The molecule has 3 amide bonds. The van der Waals surface area contributed by atoms with Crippen LogP contribution in [0.15, 0.2) is 59.2 Å². The fourth-order valence-electron chi connectivity index (χ4n) is 4.55. The van der Waals surface area contributed by atoms with Gasteiger partial charge in [0.1, 0.15) is 17.3 Å². The Labute approximate surface area is 244 Å². The highest BCUT2D eigenvalue weighted by Gasteiger charge is 2.32. The van der Waals surface area contributed by atoms with Gasteiger partial charge in [0.15, 0.2) is 11.5 Å². The topological polar surface area (TPSA) is 136 Å². The Kier molecular flexibility index (Phi) is 9.66. The molecule has 1 unspecified atom stereocenters. The molecule has 1 atom stereocenters. The number of benzene rings is 1. The van der Waals surface area contributed by atoms with Crippen molar-refractivity contribution in [1.82, 2.24) is 24.9 Å². The zero-order chi connectivity index (χ0) is 30.3. The van der Waals surface area contributed by atoms with Crippen molar-refractivity contribution in [2.75, 3.05) is 32.8 Å². The molecule has 3 aromatic rings. The summed E-state index contributed by atoms with van der Waals surface area (Å²) in [6.45, 7) is 8.41. The van der Waals surface area contributed by atoms with Gasteiger partial charge in [-0.3, -0.25) is 14.4 Å². The zero-order valence-electron chi connectivity index (χ0n) is 24.4. The minimum atomic E-state index is -1.02. The van der Waals surface area contributed by atoms with E-state index in [2.05, 4.69) is 10.4 Å². The number of carbonyl (C=O) groups is 4. The number of aromatic nitrogens is 2. The summed E-state index contributed by atoms with van der Waals surface area (Å²) in [5, 5.41) is 7.31. The van der Waals surface area contributed by atoms with Crippen LogP contribution in [-0.4, -0.2) is 87.9 Å². The molecule has 1 aliphatic heterocycles. The molecule has 0 radical (unpaired) electrons. The summed E-state index contributed by atoms with van der Waals surface area (Å²) in [4.78, 5) is 54.8. The Morgan fingerprint density at radius 2 is 1.69 bits per heavy atom. The summed E-state index contributed by atoms with van der Waals surface area (Å²) in [6.07, 6.45) is 1.06. The highest BCUT2D eigenvalue weighted by Crippen LogP contribution is 2.25. The maximum atomic E-state index is 13.6. The Morgan fingerprint density at radius 1 is 1.00 bits per heavy atom. The van der Waals surface area contributed by atoms with E-state index in [1.165, 1.54) is 11.2 Å². The molecule has 0 aliphatic carbocycles. The van der Waals surface area contributed by atoms with Crippen molar-refractivity contribution >= 4 is 23.9 Å². The van der Waals surface area contributed by atoms with Gasteiger partial charge < -0.3 is 29.0 Å². The first-order valence-corrected chi connectivity index (χ1v) is 14.0. The molecule has 3 heterocycles. The number of nitrogens with one attached hydrogen (secondary N) is 1. The third-order valence-corrected chi connectivity index (χ3v) is 6.49. The molecule has 1 N–H and O–H groups in total. The van der Waals surface area contributed by atoms with Crippen molar-refractivity contribution < 1.29 is 33.1 Å². The van der Waals surface area contributed by atoms with Crippen molar-refractivity contribution in [3.05, 3.63) is 60.5 Å². The number of hydrogen-bond donors (Lipinski definition) is 1. The predicted octanol–water partition coefficient (Wildman–Crippen LogP) is 3.65. The van der Waals surface area contributed by atoms with E-state index >= 15 is 0 Å². The molecule has 1 aliphatic rings. The number of piperazine rings is 1. The van der Waals surface area contributed by atoms with E-state index in [-0.39, 0.29) is 44.1 Å². The van der Waals surface area contributed by atoms with Crippen LogP contribution in [0.1, 0.15) is 51.0 Å². The fourth-order valence-corrected chi connectivity index (χ4v) is 4.55. The minimum Gasteiger partial charge on any atom is -0.463 e.